The molecule has 0 spiro atoms. The van der Waals surface area contributed by atoms with Crippen LogP contribution in [0.4, 0.5) is 4.39 Å². The highest BCUT2D eigenvalue weighted by Crippen LogP contribution is 2.17. The molecule has 0 unspecified atom stereocenters. The van der Waals surface area contributed by atoms with Crippen LogP contribution in [-0.4, -0.2) is 43.0 Å². The van der Waals surface area contributed by atoms with Crippen LogP contribution in [0.3, 0.4) is 0 Å². The van der Waals surface area contributed by atoms with Crippen molar-refractivity contribution in [3.63, 3.8) is 0 Å². The lowest BCUT2D eigenvalue weighted by Gasteiger charge is -2.12. The van der Waals surface area contributed by atoms with Crippen LogP contribution in [0.15, 0.2) is 59.7 Å². The molecule has 1 amide bonds. The summed E-state index contributed by atoms with van der Waals surface area (Å²) in [4.78, 5) is 19.9. The number of fused-ring (bicyclic) bond motifs is 1. The fourth-order valence-corrected chi connectivity index (χ4v) is 3.25. The number of nitrogens with zero attached hydrogens (tertiary/aromatic N) is 1. The summed E-state index contributed by atoms with van der Waals surface area (Å²) in [6.07, 6.45) is 3.04. The highest BCUT2D eigenvalue weighted by Gasteiger charge is 2.05. The van der Waals surface area contributed by atoms with Crippen molar-refractivity contribution < 1.29 is 9.18 Å². The largest absolute Gasteiger partial charge is 0.361 e. The third kappa shape index (κ3) is 7.86. The van der Waals surface area contributed by atoms with Crippen molar-refractivity contribution in [2.24, 2.45) is 4.99 Å². The van der Waals surface area contributed by atoms with Crippen LogP contribution in [-0.2, 0) is 17.6 Å². The minimum Gasteiger partial charge on any atom is -0.361 e. The summed E-state index contributed by atoms with van der Waals surface area (Å²) in [6.45, 7) is 4.43. The summed E-state index contributed by atoms with van der Waals surface area (Å²) >= 11 is 0. The molecular formula is C23H29FIN5O. The number of nitrogens with one attached hydrogen (secondary N) is 4. The predicted molar refractivity (Wildman–Crippen MR) is 135 cm³/mol. The monoisotopic (exact) mass is 537 g/mol. The van der Waals surface area contributed by atoms with Crippen molar-refractivity contribution in [2.45, 2.75) is 19.8 Å². The Hall–Kier alpha value is -2.62. The number of para-hydroxylation sites is 1. The van der Waals surface area contributed by atoms with E-state index in [1.54, 1.807) is 12.1 Å². The van der Waals surface area contributed by atoms with Gasteiger partial charge in [-0.2, -0.15) is 0 Å². The van der Waals surface area contributed by atoms with Gasteiger partial charge in [0.05, 0.1) is 6.42 Å². The third-order valence-electron chi connectivity index (χ3n) is 4.66. The average Bonchev–Trinajstić information content (AvgIpc) is 3.14. The Morgan fingerprint density at radius 1 is 1.06 bits per heavy atom. The molecule has 0 fully saturated rings. The second kappa shape index (κ2) is 12.9. The third-order valence-corrected chi connectivity index (χ3v) is 4.66. The van der Waals surface area contributed by atoms with Gasteiger partial charge in [-0.25, -0.2) is 4.39 Å². The molecule has 2 aromatic carbocycles. The molecule has 0 aliphatic rings. The lowest BCUT2D eigenvalue weighted by molar-refractivity contribution is -0.120. The van der Waals surface area contributed by atoms with Gasteiger partial charge in [0.25, 0.3) is 0 Å². The number of aliphatic imine (C=N–C) groups is 1. The van der Waals surface area contributed by atoms with E-state index in [9.17, 15) is 9.18 Å². The Morgan fingerprint density at radius 3 is 2.68 bits per heavy atom. The minimum atomic E-state index is -0.332. The summed E-state index contributed by atoms with van der Waals surface area (Å²) in [7, 11) is 0. The van der Waals surface area contributed by atoms with Crippen molar-refractivity contribution in [1.29, 1.82) is 0 Å². The molecule has 0 atom stereocenters. The van der Waals surface area contributed by atoms with Gasteiger partial charge in [-0.05, 0) is 42.7 Å². The van der Waals surface area contributed by atoms with Crippen molar-refractivity contribution >= 4 is 46.7 Å². The van der Waals surface area contributed by atoms with E-state index in [4.69, 9.17) is 0 Å². The Kier molecular flexibility index (Phi) is 10.3. The number of halogens is 2. The number of carbonyl (C=O) groups excluding carboxylic acids is 1. The number of hydrogen-bond donors (Lipinski definition) is 4. The summed E-state index contributed by atoms with van der Waals surface area (Å²) in [6, 6.07) is 14.3. The zero-order chi connectivity index (χ0) is 21.2. The second-order valence-corrected chi connectivity index (χ2v) is 6.95. The van der Waals surface area contributed by atoms with E-state index in [2.05, 4.69) is 38.1 Å². The van der Waals surface area contributed by atoms with Crippen LogP contribution in [0, 0.1) is 5.82 Å². The van der Waals surface area contributed by atoms with Gasteiger partial charge in [0.1, 0.15) is 5.82 Å². The zero-order valence-corrected chi connectivity index (χ0v) is 19.9. The summed E-state index contributed by atoms with van der Waals surface area (Å²) in [5.41, 5.74) is 3.04. The minimum absolute atomic E-state index is 0. The molecule has 3 aromatic rings. The molecule has 0 aliphatic heterocycles. The Balaban J connectivity index is 0.00000341. The average molecular weight is 537 g/mol. The van der Waals surface area contributed by atoms with E-state index in [1.165, 1.54) is 23.1 Å². The van der Waals surface area contributed by atoms with Gasteiger partial charge in [0.15, 0.2) is 5.96 Å². The normalized spacial score (nSPS) is 11.1. The quantitative estimate of drug-likeness (QED) is 0.146. The molecule has 1 heterocycles. The molecule has 8 heteroatoms. The molecule has 0 bridgehead atoms. The molecule has 0 radical (unpaired) electrons. The van der Waals surface area contributed by atoms with Crippen molar-refractivity contribution in [2.75, 3.05) is 26.2 Å². The number of H-pyrrole nitrogens is 1. The molecule has 1 aromatic heterocycles. The molecular weight excluding hydrogens is 508 g/mol. The maximum Gasteiger partial charge on any atom is 0.224 e. The predicted octanol–water partition coefficient (Wildman–Crippen LogP) is 3.38. The number of hydrogen-bond acceptors (Lipinski definition) is 2. The van der Waals surface area contributed by atoms with E-state index in [-0.39, 0.29) is 42.1 Å². The standard InChI is InChI=1S/C23H28FN5O.HI/c1-2-25-23(27-11-10-18-16-29-21-9-4-3-8-20(18)21)28-13-12-26-22(30)15-17-6-5-7-19(24)14-17;/h3-9,14,16,29H,2,10-13,15H2,1H3,(H,26,30)(H2,25,27,28);1H. The molecule has 31 heavy (non-hydrogen) atoms. The van der Waals surface area contributed by atoms with Gasteiger partial charge in [-0.15, -0.1) is 24.0 Å². The van der Waals surface area contributed by atoms with Crippen molar-refractivity contribution in [3.05, 3.63) is 71.7 Å². The number of aromatic amines is 1. The number of carbonyl (C=O) groups is 1. The lowest BCUT2D eigenvalue weighted by atomic mass is 10.1. The smallest absolute Gasteiger partial charge is 0.224 e. The first-order valence-electron chi connectivity index (χ1n) is 10.2. The molecule has 0 saturated heterocycles. The number of guanidine groups is 1. The number of rotatable bonds is 9. The first-order valence-corrected chi connectivity index (χ1v) is 10.2. The Morgan fingerprint density at radius 2 is 1.87 bits per heavy atom. The van der Waals surface area contributed by atoms with Gasteiger partial charge >= 0.3 is 0 Å². The zero-order valence-electron chi connectivity index (χ0n) is 17.6. The van der Waals surface area contributed by atoms with Crippen molar-refractivity contribution in [3.8, 4) is 0 Å². The van der Waals surface area contributed by atoms with E-state index in [1.807, 2.05) is 25.3 Å². The molecule has 0 aliphatic carbocycles. The number of amides is 1. The van der Waals surface area contributed by atoms with Crippen molar-refractivity contribution in [1.82, 2.24) is 20.9 Å². The fraction of sp³-hybridized carbons (Fsp3) is 0.304. The molecule has 0 saturated carbocycles. The van der Waals surface area contributed by atoms with E-state index >= 15 is 0 Å². The lowest BCUT2D eigenvalue weighted by Crippen LogP contribution is -2.41. The molecule has 166 valence electrons. The highest BCUT2D eigenvalue weighted by molar-refractivity contribution is 14.0. The maximum absolute atomic E-state index is 13.2. The first-order chi connectivity index (χ1) is 14.7. The van der Waals surface area contributed by atoms with Crippen LogP contribution in [0.1, 0.15) is 18.1 Å². The maximum atomic E-state index is 13.2. The topological polar surface area (TPSA) is 81.3 Å². The van der Waals surface area contributed by atoms with E-state index in [0.29, 0.717) is 25.2 Å². The van der Waals surface area contributed by atoms with Crippen LogP contribution >= 0.6 is 24.0 Å². The Bertz CT molecular complexity index is 1000. The van der Waals surface area contributed by atoms with Crippen LogP contribution in [0.5, 0.6) is 0 Å². The van der Waals surface area contributed by atoms with Crippen LogP contribution < -0.4 is 16.0 Å². The van der Waals surface area contributed by atoms with Crippen LogP contribution in [0.25, 0.3) is 10.9 Å². The van der Waals surface area contributed by atoms with Crippen LogP contribution in [0.2, 0.25) is 0 Å². The molecule has 4 N–H and O–H groups in total. The SMILES string of the molecule is CCNC(=NCCc1c[nH]c2ccccc12)NCCNC(=O)Cc1cccc(F)c1.I. The highest BCUT2D eigenvalue weighted by atomic mass is 127. The number of aromatic nitrogens is 1. The Labute approximate surface area is 199 Å². The summed E-state index contributed by atoms with van der Waals surface area (Å²) in [5, 5.41) is 10.5. The van der Waals surface area contributed by atoms with E-state index in [0.717, 1.165) is 24.4 Å². The molecule has 3 rings (SSSR count). The van der Waals surface area contributed by atoms with Gasteiger partial charge in [0, 0.05) is 43.3 Å². The second-order valence-electron chi connectivity index (χ2n) is 6.95. The van der Waals surface area contributed by atoms with Gasteiger partial charge in [-0.1, -0.05) is 30.3 Å². The van der Waals surface area contributed by atoms with Gasteiger partial charge < -0.3 is 20.9 Å². The summed E-state index contributed by atoms with van der Waals surface area (Å²) in [5.74, 6) is 0.251. The first kappa shape index (κ1) is 24.6. The van der Waals surface area contributed by atoms with Gasteiger partial charge in [-0.3, -0.25) is 9.79 Å². The number of benzene rings is 2. The molecule has 6 nitrogen and oxygen atoms in total. The fourth-order valence-electron chi connectivity index (χ4n) is 3.25. The summed E-state index contributed by atoms with van der Waals surface area (Å²) < 4.78 is 13.2. The van der Waals surface area contributed by atoms with E-state index < -0.39 is 0 Å². The van der Waals surface area contributed by atoms with Gasteiger partial charge in [0.2, 0.25) is 5.91 Å².